The minimum Gasteiger partial charge on any atom is -0.388 e. The maximum Gasteiger partial charge on any atom is 0.132 e. The number of benzene rings is 1. The van der Waals surface area contributed by atoms with Gasteiger partial charge in [0.05, 0.1) is 11.9 Å². The maximum atomic E-state index is 8.84. The zero-order valence-electron chi connectivity index (χ0n) is 7.37. The summed E-state index contributed by atoms with van der Waals surface area (Å²) in [6, 6.07) is 7.49. The van der Waals surface area contributed by atoms with Crippen LogP contribution in [0.5, 0.6) is 0 Å². The van der Waals surface area contributed by atoms with E-state index in [-0.39, 0.29) is 6.61 Å². The summed E-state index contributed by atoms with van der Waals surface area (Å²) in [4.78, 5) is 6.96. The largest absolute Gasteiger partial charge is 0.388 e. The van der Waals surface area contributed by atoms with Gasteiger partial charge in [0, 0.05) is 10.6 Å². The predicted octanol–water partition coefficient (Wildman–Crippen LogP) is 2.22. The summed E-state index contributed by atoms with van der Waals surface area (Å²) < 4.78 is 0. The van der Waals surface area contributed by atoms with E-state index >= 15 is 0 Å². The molecule has 0 saturated carbocycles. The van der Waals surface area contributed by atoms with Crippen LogP contribution in [0.15, 0.2) is 30.5 Å². The molecule has 0 unspecified atom stereocenters. The highest BCUT2D eigenvalue weighted by Crippen LogP contribution is 2.25. The highest BCUT2D eigenvalue weighted by molar-refractivity contribution is 6.33. The molecule has 2 N–H and O–H groups in total. The van der Waals surface area contributed by atoms with Crippen LogP contribution in [-0.4, -0.2) is 15.1 Å². The minimum atomic E-state index is -0.0928. The second-order valence-corrected chi connectivity index (χ2v) is 3.29. The van der Waals surface area contributed by atoms with Crippen molar-refractivity contribution in [2.75, 3.05) is 0 Å². The molecule has 1 aromatic carbocycles. The van der Waals surface area contributed by atoms with E-state index in [0.29, 0.717) is 10.8 Å². The quantitative estimate of drug-likeness (QED) is 0.795. The van der Waals surface area contributed by atoms with Gasteiger partial charge in [0.1, 0.15) is 12.4 Å². The molecule has 1 heterocycles. The number of hydrogen-bond donors (Lipinski definition) is 2. The van der Waals surface area contributed by atoms with Gasteiger partial charge in [-0.15, -0.1) is 0 Å². The number of hydrogen-bond acceptors (Lipinski definition) is 2. The third-order valence-corrected chi connectivity index (χ3v) is 2.27. The van der Waals surface area contributed by atoms with Crippen LogP contribution >= 0.6 is 11.6 Å². The zero-order chi connectivity index (χ0) is 9.97. The van der Waals surface area contributed by atoms with Gasteiger partial charge in [0.2, 0.25) is 0 Å². The summed E-state index contributed by atoms with van der Waals surface area (Å²) >= 11 is 6.00. The van der Waals surface area contributed by atoms with Crippen LogP contribution in [0, 0.1) is 0 Å². The number of aromatic amines is 1. The van der Waals surface area contributed by atoms with Crippen molar-refractivity contribution in [1.29, 1.82) is 0 Å². The van der Waals surface area contributed by atoms with E-state index < -0.39 is 0 Å². The second-order valence-electron chi connectivity index (χ2n) is 2.88. The van der Waals surface area contributed by atoms with Crippen LogP contribution < -0.4 is 0 Å². The van der Waals surface area contributed by atoms with Gasteiger partial charge in [-0.2, -0.15) is 0 Å². The molecule has 0 bridgehead atoms. The first-order valence-corrected chi connectivity index (χ1v) is 4.58. The van der Waals surface area contributed by atoms with Crippen molar-refractivity contribution in [3.05, 3.63) is 41.3 Å². The van der Waals surface area contributed by atoms with E-state index in [9.17, 15) is 0 Å². The number of imidazole rings is 1. The van der Waals surface area contributed by atoms with Gasteiger partial charge in [-0.05, 0) is 6.07 Å². The van der Waals surface area contributed by atoms with E-state index in [4.69, 9.17) is 16.7 Å². The van der Waals surface area contributed by atoms with Gasteiger partial charge >= 0.3 is 0 Å². The molecular weight excluding hydrogens is 200 g/mol. The van der Waals surface area contributed by atoms with Gasteiger partial charge in [0.25, 0.3) is 0 Å². The zero-order valence-corrected chi connectivity index (χ0v) is 8.12. The lowest BCUT2D eigenvalue weighted by atomic mass is 10.2. The molecule has 72 valence electrons. The molecule has 0 amide bonds. The van der Waals surface area contributed by atoms with Gasteiger partial charge < -0.3 is 10.1 Å². The number of nitrogens with zero attached hydrogens (tertiary/aromatic N) is 1. The lowest BCUT2D eigenvalue weighted by molar-refractivity contribution is 0.272. The first kappa shape index (κ1) is 9.24. The Bertz CT molecular complexity index is 439. The number of aromatic nitrogens is 2. The molecule has 14 heavy (non-hydrogen) atoms. The van der Waals surface area contributed by atoms with Crippen molar-refractivity contribution in [3.8, 4) is 11.3 Å². The van der Waals surface area contributed by atoms with Crippen LogP contribution in [0.3, 0.4) is 0 Å². The van der Waals surface area contributed by atoms with Crippen LogP contribution in [0.2, 0.25) is 5.02 Å². The van der Waals surface area contributed by atoms with E-state index in [1.807, 2.05) is 24.3 Å². The number of nitrogens with one attached hydrogen (secondary N) is 1. The Kier molecular flexibility index (Phi) is 2.52. The van der Waals surface area contributed by atoms with Crippen LogP contribution in [-0.2, 0) is 6.61 Å². The Morgan fingerprint density at radius 2 is 2.14 bits per heavy atom. The number of aliphatic hydroxyl groups is 1. The Balaban J connectivity index is 2.44. The predicted molar refractivity (Wildman–Crippen MR) is 55.0 cm³/mol. The lowest BCUT2D eigenvalue weighted by Gasteiger charge is -1.99. The highest BCUT2D eigenvalue weighted by Gasteiger charge is 2.05. The van der Waals surface area contributed by atoms with E-state index in [0.717, 1.165) is 11.3 Å². The Hall–Kier alpha value is -1.32. The van der Waals surface area contributed by atoms with Crippen molar-refractivity contribution in [1.82, 2.24) is 9.97 Å². The third-order valence-electron chi connectivity index (χ3n) is 1.94. The minimum absolute atomic E-state index is 0.0928. The van der Waals surface area contributed by atoms with E-state index in [1.54, 1.807) is 6.20 Å². The molecule has 0 spiro atoms. The monoisotopic (exact) mass is 208 g/mol. The third kappa shape index (κ3) is 1.64. The molecule has 1 aromatic heterocycles. The summed E-state index contributed by atoms with van der Waals surface area (Å²) in [6.45, 7) is -0.0928. The van der Waals surface area contributed by atoms with Gasteiger partial charge in [-0.1, -0.05) is 29.8 Å². The molecule has 3 nitrogen and oxygen atoms in total. The Labute approximate surface area is 86.4 Å². The topological polar surface area (TPSA) is 48.9 Å². The fraction of sp³-hybridized carbons (Fsp3) is 0.100. The van der Waals surface area contributed by atoms with Gasteiger partial charge in [-0.3, -0.25) is 0 Å². The van der Waals surface area contributed by atoms with Crippen LogP contribution in [0.25, 0.3) is 11.3 Å². The van der Waals surface area contributed by atoms with Crippen LogP contribution in [0.1, 0.15) is 5.82 Å². The van der Waals surface area contributed by atoms with Crippen molar-refractivity contribution in [2.45, 2.75) is 6.61 Å². The molecule has 0 radical (unpaired) electrons. The molecule has 0 fully saturated rings. The van der Waals surface area contributed by atoms with Crippen molar-refractivity contribution >= 4 is 11.6 Å². The molecule has 0 aliphatic heterocycles. The molecule has 0 atom stereocenters. The normalized spacial score (nSPS) is 10.4. The summed E-state index contributed by atoms with van der Waals surface area (Å²) in [5.41, 5.74) is 1.71. The molecule has 0 aliphatic rings. The van der Waals surface area contributed by atoms with Crippen molar-refractivity contribution < 1.29 is 5.11 Å². The molecule has 0 aliphatic carbocycles. The molecule has 0 saturated heterocycles. The number of H-pyrrole nitrogens is 1. The summed E-state index contributed by atoms with van der Waals surface area (Å²) in [6.07, 6.45) is 1.66. The fourth-order valence-electron chi connectivity index (χ4n) is 1.26. The van der Waals surface area contributed by atoms with Crippen molar-refractivity contribution in [2.24, 2.45) is 0 Å². The first-order valence-electron chi connectivity index (χ1n) is 4.21. The fourth-order valence-corrected chi connectivity index (χ4v) is 1.50. The molecular formula is C10H9ClN2O. The van der Waals surface area contributed by atoms with E-state index in [2.05, 4.69) is 9.97 Å². The first-order chi connectivity index (χ1) is 6.81. The lowest BCUT2D eigenvalue weighted by Crippen LogP contribution is -1.85. The Morgan fingerprint density at radius 3 is 2.79 bits per heavy atom. The smallest absolute Gasteiger partial charge is 0.132 e. The van der Waals surface area contributed by atoms with Crippen molar-refractivity contribution in [3.63, 3.8) is 0 Å². The molecule has 2 aromatic rings. The van der Waals surface area contributed by atoms with Crippen LogP contribution in [0.4, 0.5) is 0 Å². The maximum absolute atomic E-state index is 8.84. The second kappa shape index (κ2) is 3.82. The Morgan fingerprint density at radius 1 is 1.36 bits per heavy atom. The van der Waals surface area contributed by atoms with Gasteiger partial charge in [-0.25, -0.2) is 4.98 Å². The average molecular weight is 209 g/mol. The number of aliphatic hydroxyl groups excluding tert-OH is 1. The standard InChI is InChI=1S/C10H9ClN2O/c11-8-4-2-1-3-7(8)9-5-12-10(6-14)13-9/h1-5,14H,6H2,(H,12,13). The number of rotatable bonds is 2. The molecule has 2 rings (SSSR count). The van der Waals surface area contributed by atoms with Gasteiger partial charge in [0.15, 0.2) is 0 Å². The average Bonchev–Trinajstić information content (AvgIpc) is 2.67. The summed E-state index contributed by atoms with van der Waals surface area (Å²) in [5.74, 6) is 0.542. The highest BCUT2D eigenvalue weighted by atomic mass is 35.5. The SMILES string of the molecule is OCc1ncc(-c2ccccc2Cl)[nH]1. The summed E-state index contributed by atoms with van der Waals surface area (Å²) in [5, 5.41) is 9.51. The number of halogens is 1. The van der Waals surface area contributed by atoms with E-state index in [1.165, 1.54) is 0 Å². The summed E-state index contributed by atoms with van der Waals surface area (Å²) in [7, 11) is 0. The molecule has 4 heteroatoms.